The second-order valence-electron chi connectivity index (χ2n) is 8.45. The van der Waals surface area contributed by atoms with Crippen LogP contribution in [-0.2, 0) is 6.54 Å². The molecule has 4 heterocycles. The Morgan fingerprint density at radius 3 is 2.85 bits per heavy atom. The third kappa shape index (κ3) is 2.81. The summed E-state index contributed by atoms with van der Waals surface area (Å²) in [4.78, 5) is 15.3. The number of carbonyl (C=O) groups excluding carboxylic acids is 1. The van der Waals surface area contributed by atoms with E-state index in [1.54, 1.807) is 6.07 Å². The zero-order valence-electron chi connectivity index (χ0n) is 17.5. The van der Waals surface area contributed by atoms with Crippen LogP contribution in [0.15, 0.2) is 30.5 Å². The van der Waals surface area contributed by atoms with Gasteiger partial charge in [0, 0.05) is 54.8 Å². The first kappa shape index (κ1) is 20.1. The van der Waals surface area contributed by atoms with Crippen molar-refractivity contribution >= 4 is 43.2 Å². The Kier molecular flexibility index (Phi) is 4.44. The number of thiophene rings is 1. The van der Waals surface area contributed by atoms with Gasteiger partial charge < -0.3 is 20.5 Å². The van der Waals surface area contributed by atoms with Crippen LogP contribution >= 0.6 is 11.3 Å². The van der Waals surface area contributed by atoms with Gasteiger partial charge >= 0.3 is 0 Å². The molecule has 0 unspecified atom stereocenters. The number of hydrogen-bond acceptors (Lipinski definition) is 5. The zero-order chi connectivity index (χ0) is 22.9. The lowest BCUT2D eigenvalue weighted by atomic mass is 9.93. The Balaban J connectivity index is 1.66. The number of hydrogen-bond donors (Lipinski definition) is 2. The van der Waals surface area contributed by atoms with E-state index in [1.165, 1.54) is 18.2 Å². The summed E-state index contributed by atoms with van der Waals surface area (Å²) < 4.78 is 32.6. The van der Waals surface area contributed by atoms with Gasteiger partial charge in [-0.1, -0.05) is 6.07 Å². The molecule has 0 bridgehead atoms. The van der Waals surface area contributed by atoms with E-state index in [0.29, 0.717) is 47.1 Å². The Morgan fingerprint density at radius 2 is 2.03 bits per heavy atom. The van der Waals surface area contributed by atoms with E-state index in [9.17, 15) is 14.4 Å². The van der Waals surface area contributed by atoms with Gasteiger partial charge in [0.05, 0.1) is 21.3 Å². The number of aromatic nitrogens is 1. The van der Waals surface area contributed by atoms with Crippen molar-refractivity contribution < 1.29 is 13.6 Å². The third-order valence-electron chi connectivity index (χ3n) is 6.74. The highest BCUT2D eigenvalue weighted by atomic mass is 32.1. The van der Waals surface area contributed by atoms with Crippen molar-refractivity contribution in [2.24, 2.45) is 0 Å². The molecule has 0 saturated carbocycles. The molecule has 33 heavy (non-hydrogen) atoms. The lowest BCUT2D eigenvalue weighted by Crippen LogP contribution is -2.54. The fourth-order valence-electron chi connectivity index (χ4n) is 5.23. The van der Waals surface area contributed by atoms with E-state index in [1.807, 2.05) is 21.7 Å². The Morgan fingerprint density at radius 1 is 1.18 bits per heavy atom. The summed E-state index contributed by atoms with van der Waals surface area (Å²) in [5, 5.41) is 14.1. The van der Waals surface area contributed by atoms with Gasteiger partial charge in [-0.15, -0.1) is 11.3 Å². The Hall–Kier alpha value is -3.48. The number of halogens is 2. The number of nitrogens with zero attached hydrogens (tertiary/aromatic N) is 3. The number of nitriles is 1. The lowest BCUT2D eigenvalue weighted by molar-refractivity contribution is 0.0615. The molecule has 1 amide bonds. The van der Waals surface area contributed by atoms with Crippen molar-refractivity contribution in [1.82, 2.24) is 14.8 Å². The van der Waals surface area contributed by atoms with E-state index in [-0.39, 0.29) is 32.8 Å². The van der Waals surface area contributed by atoms with E-state index in [2.05, 4.69) is 5.32 Å². The molecule has 1 atom stereocenters. The molecule has 9 heteroatoms. The van der Waals surface area contributed by atoms with Crippen LogP contribution in [0.2, 0.25) is 0 Å². The summed E-state index contributed by atoms with van der Waals surface area (Å²) in [6, 6.07) is 7.94. The molecular weight excluding hydrogens is 444 g/mol. The fourth-order valence-corrected chi connectivity index (χ4v) is 6.18. The predicted octanol–water partition coefficient (Wildman–Crippen LogP) is 4.07. The highest BCUT2D eigenvalue weighted by Gasteiger charge is 2.33. The van der Waals surface area contributed by atoms with Crippen molar-refractivity contribution in [3.8, 4) is 17.2 Å². The molecule has 1 saturated heterocycles. The number of nitrogens with two attached hydrogens (primary N) is 1. The number of carbonyl (C=O) groups is 1. The number of piperazine rings is 1. The van der Waals surface area contributed by atoms with Gasteiger partial charge in [0.15, 0.2) is 0 Å². The molecule has 0 spiro atoms. The van der Waals surface area contributed by atoms with Gasteiger partial charge in [0.1, 0.15) is 22.7 Å². The molecule has 2 aromatic carbocycles. The number of aryl methyl sites for hydroxylation is 1. The number of anilines is 1. The topological polar surface area (TPSA) is 87.1 Å². The number of rotatable bonds is 1. The number of fused-ring (bicyclic) bond motifs is 2. The minimum Gasteiger partial charge on any atom is -0.389 e. The fraction of sp³-hybridized carbons (Fsp3) is 0.250. The SMILES string of the molecule is N#Cc1c(N)sc2c(F)ccc(-c3c(F)cc4c5c3ccn5CC[C@H]3CNCCN3C4=O)c12. The van der Waals surface area contributed by atoms with Gasteiger partial charge in [0.25, 0.3) is 5.91 Å². The summed E-state index contributed by atoms with van der Waals surface area (Å²) in [5.74, 6) is -1.28. The second-order valence-corrected chi connectivity index (χ2v) is 9.50. The maximum atomic E-state index is 15.8. The van der Waals surface area contributed by atoms with E-state index in [0.717, 1.165) is 24.3 Å². The average Bonchev–Trinajstić information content (AvgIpc) is 3.38. The first-order valence-electron chi connectivity index (χ1n) is 10.7. The van der Waals surface area contributed by atoms with E-state index in [4.69, 9.17) is 5.73 Å². The van der Waals surface area contributed by atoms with Gasteiger partial charge in [-0.05, 0) is 30.2 Å². The van der Waals surface area contributed by atoms with Gasteiger partial charge in [-0.3, -0.25) is 4.79 Å². The molecular formula is C24H19F2N5OS. The normalized spacial score (nSPS) is 18.3. The number of nitrogens with one attached hydrogen (secondary N) is 1. The van der Waals surface area contributed by atoms with E-state index >= 15 is 4.39 Å². The van der Waals surface area contributed by atoms with Gasteiger partial charge in [0.2, 0.25) is 0 Å². The van der Waals surface area contributed by atoms with Crippen LogP contribution in [0.25, 0.3) is 32.1 Å². The molecule has 0 aliphatic carbocycles. The standard InChI is InChI=1S/C24H19F2N5OS/c25-17-2-1-13(20-16(10-27)23(28)33-22(17)20)19-14-4-7-30-6-3-12-11-29-5-8-31(12)24(32)15(21(14)30)9-18(19)26/h1-2,4,7,9,12,29H,3,5-6,8,11,28H2/t12-/m0/s1. The number of benzene rings is 2. The molecule has 2 aliphatic rings. The molecule has 0 radical (unpaired) electrons. The van der Waals surface area contributed by atoms with Crippen molar-refractivity contribution in [2.75, 3.05) is 25.4 Å². The van der Waals surface area contributed by atoms with E-state index < -0.39 is 11.6 Å². The molecule has 2 aromatic heterocycles. The van der Waals surface area contributed by atoms with Crippen LogP contribution in [0.4, 0.5) is 13.8 Å². The lowest BCUT2D eigenvalue weighted by Gasteiger charge is -2.38. The number of amides is 1. The van der Waals surface area contributed by atoms with Crippen molar-refractivity contribution in [1.29, 1.82) is 5.26 Å². The van der Waals surface area contributed by atoms with Crippen LogP contribution in [0.1, 0.15) is 22.3 Å². The van der Waals surface area contributed by atoms with Crippen molar-refractivity contribution in [3.05, 3.63) is 53.2 Å². The molecule has 2 aliphatic heterocycles. The minimum absolute atomic E-state index is 0.0586. The average molecular weight is 464 g/mol. The van der Waals surface area contributed by atoms with Crippen LogP contribution in [0, 0.1) is 23.0 Å². The predicted molar refractivity (Wildman–Crippen MR) is 124 cm³/mol. The quantitative estimate of drug-likeness (QED) is 0.446. The molecule has 4 aromatic rings. The highest BCUT2D eigenvalue weighted by Crippen LogP contribution is 2.44. The Labute approximate surface area is 191 Å². The smallest absolute Gasteiger partial charge is 0.256 e. The van der Waals surface area contributed by atoms with Crippen molar-refractivity contribution in [2.45, 2.75) is 19.0 Å². The summed E-state index contributed by atoms with van der Waals surface area (Å²) in [5.41, 5.74) is 7.75. The monoisotopic (exact) mass is 463 g/mol. The molecule has 166 valence electrons. The molecule has 6 nitrogen and oxygen atoms in total. The second kappa shape index (κ2) is 7.27. The van der Waals surface area contributed by atoms with Crippen molar-refractivity contribution in [3.63, 3.8) is 0 Å². The van der Waals surface area contributed by atoms with Gasteiger partial charge in [-0.2, -0.15) is 5.26 Å². The maximum Gasteiger partial charge on any atom is 0.256 e. The summed E-state index contributed by atoms with van der Waals surface area (Å²) in [6.07, 6.45) is 2.65. The van der Waals surface area contributed by atoms with Crippen LogP contribution in [0.3, 0.4) is 0 Å². The maximum absolute atomic E-state index is 15.8. The first-order chi connectivity index (χ1) is 16.0. The summed E-state index contributed by atoms with van der Waals surface area (Å²) >= 11 is 0.979. The highest BCUT2D eigenvalue weighted by molar-refractivity contribution is 7.23. The molecule has 3 N–H and O–H groups in total. The number of nitrogen functional groups attached to an aromatic ring is 1. The third-order valence-corrected chi connectivity index (χ3v) is 7.77. The van der Waals surface area contributed by atoms with Crippen LogP contribution < -0.4 is 11.1 Å². The molecule has 6 rings (SSSR count). The largest absolute Gasteiger partial charge is 0.389 e. The van der Waals surface area contributed by atoms with Crippen LogP contribution in [0.5, 0.6) is 0 Å². The summed E-state index contributed by atoms with van der Waals surface area (Å²) in [7, 11) is 0. The van der Waals surface area contributed by atoms with Crippen LogP contribution in [-0.4, -0.2) is 41.1 Å². The summed E-state index contributed by atoms with van der Waals surface area (Å²) in [6.45, 7) is 2.69. The first-order valence-corrected chi connectivity index (χ1v) is 11.5. The Bertz CT molecular complexity index is 1520. The van der Waals surface area contributed by atoms with Gasteiger partial charge in [-0.25, -0.2) is 8.78 Å². The minimum atomic E-state index is -0.586. The zero-order valence-corrected chi connectivity index (χ0v) is 18.3. The molecule has 1 fully saturated rings.